The van der Waals surface area contributed by atoms with Crippen LogP contribution in [0, 0.1) is 5.82 Å². The summed E-state index contributed by atoms with van der Waals surface area (Å²) in [4.78, 5) is 34.2. The number of aromatic nitrogens is 1. The monoisotopic (exact) mass is 525 g/mol. The number of rotatable bonds is 6. The zero-order valence-electron chi connectivity index (χ0n) is 19.4. The van der Waals surface area contributed by atoms with Gasteiger partial charge in [-0.3, -0.25) is 9.59 Å². The molecule has 5 rings (SSSR count). The molecule has 7 nitrogen and oxygen atoms in total. The maximum atomic E-state index is 13.2. The summed E-state index contributed by atoms with van der Waals surface area (Å²) in [7, 11) is 0. The van der Waals surface area contributed by atoms with Crippen LogP contribution < -0.4 is 15.5 Å². The van der Waals surface area contributed by atoms with Gasteiger partial charge in [-0.25, -0.2) is 9.37 Å². The molecule has 2 N–H and O–H groups in total. The van der Waals surface area contributed by atoms with E-state index in [1.165, 1.54) is 23.9 Å². The average molecular weight is 526 g/mol. The molecule has 1 aromatic heterocycles. The van der Waals surface area contributed by atoms with Crippen molar-refractivity contribution in [1.82, 2.24) is 9.88 Å². The van der Waals surface area contributed by atoms with Crippen LogP contribution in [-0.2, 0) is 10.5 Å². The second-order valence-corrected chi connectivity index (χ2v) is 10.1. The summed E-state index contributed by atoms with van der Waals surface area (Å²) in [6.07, 6.45) is 1.77. The minimum Gasteiger partial charge on any atom is -0.371 e. The van der Waals surface area contributed by atoms with Crippen LogP contribution in [-0.4, -0.2) is 59.7 Å². The topological polar surface area (TPSA) is 77.6 Å². The molecule has 186 valence electrons. The lowest BCUT2D eigenvalue weighted by molar-refractivity contribution is -0.116. The quantitative estimate of drug-likeness (QED) is 0.493. The second kappa shape index (κ2) is 10.8. The summed E-state index contributed by atoms with van der Waals surface area (Å²) in [5, 5.41) is 6.57. The van der Waals surface area contributed by atoms with E-state index in [1.807, 2.05) is 29.2 Å². The highest BCUT2D eigenvalue weighted by atomic mass is 35.5. The molecule has 0 radical (unpaired) electrons. The van der Waals surface area contributed by atoms with E-state index in [9.17, 15) is 14.0 Å². The van der Waals surface area contributed by atoms with Gasteiger partial charge in [0, 0.05) is 54.5 Å². The first-order valence-electron chi connectivity index (χ1n) is 11.7. The van der Waals surface area contributed by atoms with Gasteiger partial charge in [-0.1, -0.05) is 23.7 Å². The number of halogens is 2. The van der Waals surface area contributed by atoms with Gasteiger partial charge in [0.25, 0.3) is 5.91 Å². The number of hydrogen-bond donors (Lipinski definition) is 2. The number of carbonyl (C=O) groups is 2. The van der Waals surface area contributed by atoms with Crippen molar-refractivity contribution < 1.29 is 14.0 Å². The third kappa shape index (κ3) is 5.42. The molecule has 36 heavy (non-hydrogen) atoms. The molecule has 2 amide bonds. The van der Waals surface area contributed by atoms with E-state index in [1.54, 1.807) is 24.4 Å². The fraction of sp³-hybridized carbons (Fsp3) is 0.269. The van der Waals surface area contributed by atoms with E-state index in [4.69, 9.17) is 11.6 Å². The summed E-state index contributed by atoms with van der Waals surface area (Å²) >= 11 is 7.63. The zero-order chi connectivity index (χ0) is 25.1. The van der Waals surface area contributed by atoms with Gasteiger partial charge in [-0.2, -0.15) is 11.8 Å². The predicted molar refractivity (Wildman–Crippen MR) is 142 cm³/mol. The first kappa shape index (κ1) is 24.4. The average Bonchev–Trinajstić information content (AvgIpc) is 2.90. The Kier molecular flexibility index (Phi) is 7.29. The summed E-state index contributed by atoms with van der Waals surface area (Å²) in [5.41, 5.74) is 2.74. The number of fused-ring (bicyclic) bond motifs is 1. The number of anilines is 3. The fourth-order valence-electron chi connectivity index (χ4n) is 4.28. The van der Waals surface area contributed by atoms with Crippen molar-refractivity contribution in [1.29, 1.82) is 0 Å². The summed E-state index contributed by atoms with van der Waals surface area (Å²) in [5.74, 6) is 1.41. The van der Waals surface area contributed by atoms with E-state index >= 15 is 0 Å². The SMILES string of the molecule is O=C1Nc2cc(C(=O)N3CCN(c4ccccn4)CC3)ccc2NC1CSCc1ccc(F)cc1Cl. The molecule has 3 heterocycles. The standard InChI is InChI=1S/C26H25ClFN5O2S/c27-20-14-19(28)6-4-18(20)15-36-16-23-25(34)31-22-13-17(5-7-21(22)30-23)26(35)33-11-9-32(10-12-33)24-3-1-2-8-29-24/h1-8,13-14,23,30H,9-12,15-16H2,(H,31,34). The zero-order valence-corrected chi connectivity index (χ0v) is 21.0. The van der Waals surface area contributed by atoms with E-state index < -0.39 is 6.04 Å². The Morgan fingerprint density at radius 2 is 1.92 bits per heavy atom. The normalized spacial score (nSPS) is 17.3. The minimum absolute atomic E-state index is 0.0541. The van der Waals surface area contributed by atoms with Crippen LogP contribution in [0.2, 0.25) is 5.02 Å². The van der Waals surface area contributed by atoms with Gasteiger partial charge in [0.15, 0.2) is 0 Å². The van der Waals surface area contributed by atoms with Crippen LogP contribution in [0.25, 0.3) is 0 Å². The number of thioether (sulfide) groups is 1. The smallest absolute Gasteiger partial charge is 0.254 e. The maximum absolute atomic E-state index is 13.2. The molecule has 10 heteroatoms. The van der Waals surface area contributed by atoms with Crippen LogP contribution in [0.15, 0.2) is 60.8 Å². The number of carbonyl (C=O) groups excluding carboxylic acids is 2. The molecule has 0 aliphatic carbocycles. The molecule has 1 fully saturated rings. The summed E-state index contributed by atoms with van der Waals surface area (Å²) in [6, 6.07) is 15.1. The first-order valence-corrected chi connectivity index (χ1v) is 13.2. The molecule has 2 aromatic carbocycles. The van der Waals surface area contributed by atoms with Crippen LogP contribution in [0.1, 0.15) is 15.9 Å². The maximum Gasteiger partial charge on any atom is 0.254 e. The molecule has 1 atom stereocenters. The molecular weight excluding hydrogens is 501 g/mol. The van der Waals surface area contributed by atoms with Crippen molar-refractivity contribution in [3.05, 3.63) is 82.8 Å². The summed E-state index contributed by atoms with van der Waals surface area (Å²) in [6.45, 7) is 2.64. The van der Waals surface area contributed by atoms with Crippen molar-refractivity contribution in [2.45, 2.75) is 11.8 Å². The van der Waals surface area contributed by atoms with Gasteiger partial charge in [-0.15, -0.1) is 0 Å². The van der Waals surface area contributed by atoms with Gasteiger partial charge >= 0.3 is 0 Å². The lowest BCUT2D eigenvalue weighted by atomic mass is 10.1. The van der Waals surface area contributed by atoms with Crippen molar-refractivity contribution in [3.8, 4) is 0 Å². The van der Waals surface area contributed by atoms with Crippen molar-refractivity contribution >= 4 is 52.4 Å². The molecule has 0 spiro atoms. The molecule has 1 saturated heterocycles. The van der Waals surface area contributed by atoms with Gasteiger partial charge in [0.1, 0.15) is 17.7 Å². The number of nitrogens with one attached hydrogen (secondary N) is 2. The Bertz CT molecular complexity index is 1270. The Morgan fingerprint density at radius 3 is 2.67 bits per heavy atom. The molecule has 3 aromatic rings. The Balaban J connectivity index is 1.17. The van der Waals surface area contributed by atoms with Gasteiger partial charge in [0.05, 0.1) is 11.4 Å². The van der Waals surface area contributed by atoms with Crippen molar-refractivity contribution in [3.63, 3.8) is 0 Å². The van der Waals surface area contributed by atoms with Crippen LogP contribution in [0.4, 0.5) is 21.6 Å². The molecular formula is C26H25ClFN5O2S. The molecule has 2 aliphatic heterocycles. The Hall–Kier alpha value is -3.30. The fourth-order valence-corrected chi connectivity index (χ4v) is 5.66. The lowest BCUT2D eigenvalue weighted by Crippen LogP contribution is -2.49. The van der Waals surface area contributed by atoms with Crippen LogP contribution in [0.5, 0.6) is 0 Å². The summed E-state index contributed by atoms with van der Waals surface area (Å²) < 4.78 is 13.2. The minimum atomic E-state index is -0.428. The van der Waals surface area contributed by atoms with Crippen molar-refractivity contribution in [2.75, 3.05) is 47.5 Å². The molecule has 0 bridgehead atoms. The molecule has 0 saturated carbocycles. The number of piperazine rings is 1. The molecule has 1 unspecified atom stereocenters. The van der Waals surface area contributed by atoms with Crippen molar-refractivity contribution in [2.24, 2.45) is 0 Å². The molecule has 2 aliphatic rings. The number of hydrogen-bond acceptors (Lipinski definition) is 6. The third-order valence-corrected chi connectivity index (χ3v) is 7.70. The van der Waals surface area contributed by atoms with E-state index in [-0.39, 0.29) is 17.6 Å². The third-order valence-electron chi connectivity index (χ3n) is 6.27. The first-order chi connectivity index (χ1) is 17.5. The number of benzene rings is 2. The largest absolute Gasteiger partial charge is 0.371 e. The highest BCUT2D eigenvalue weighted by Gasteiger charge is 2.28. The van der Waals surface area contributed by atoms with E-state index in [0.29, 0.717) is 54.0 Å². The highest BCUT2D eigenvalue weighted by Crippen LogP contribution is 2.30. The van der Waals surface area contributed by atoms with E-state index in [0.717, 1.165) is 17.1 Å². The Labute approximate surface area is 218 Å². The second-order valence-electron chi connectivity index (χ2n) is 8.66. The number of pyridine rings is 1. The van der Waals surface area contributed by atoms with Gasteiger partial charge in [-0.05, 0) is 48.0 Å². The number of nitrogens with zero attached hydrogens (tertiary/aromatic N) is 3. The number of amides is 2. The van der Waals surface area contributed by atoms with Crippen LogP contribution in [0.3, 0.4) is 0 Å². The van der Waals surface area contributed by atoms with Crippen LogP contribution >= 0.6 is 23.4 Å². The van der Waals surface area contributed by atoms with Gasteiger partial charge in [0.2, 0.25) is 5.91 Å². The highest BCUT2D eigenvalue weighted by molar-refractivity contribution is 7.98. The Morgan fingerprint density at radius 1 is 1.08 bits per heavy atom. The van der Waals surface area contributed by atoms with E-state index in [2.05, 4.69) is 20.5 Å². The van der Waals surface area contributed by atoms with Gasteiger partial charge < -0.3 is 20.4 Å². The lowest BCUT2D eigenvalue weighted by Gasteiger charge is -2.35. The predicted octanol–water partition coefficient (Wildman–Crippen LogP) is 4.50.